The molecule has 0 aromatic carbocycles. The second kappa shape index (κ2) is 6.97. The summed E-state index contributed by atoms with van der Waals surface area (Å²) in [6.07, 6.45) is 1.80. The maximum Gasteiger partial charge on any atom is 0.188 e. The van der Waals surface area contributed by atoms with Crippen LogP contribution in [0, 0.1) is 19.8 Å². The third-order valence-electron chi connectivity index (χ3n) is 2.84. The minimum atomic E-state index is 0.453. The SMILES string of the molecule is COc1c(C)cnc(CN=C(N)NCC(C)C)c1C. The molecular formula is C14H24N4O. The highest BCUT2D eigenvalue weighted by Gasteiger charge is 2.08. The Morgan fingerprint density at radius 3 is 2.74 bits per heavy atom. The van der Waals surface area contributed by atoms with Gasteiger partial charge < -0.3 is 15.8 Å². The molecule has 0 radical (unpaired) electrons. The number of pyridine rings is 1. The number of guanidine groups is 1. The van der Waals surface area contributed by atoms with E-state index in [9.17, 15) is 0 Å². The van der Waals surface area contributed by atoms with Gasteiger partial charge in [0.25, 0.3) is 0 Å². The van der Waals surface area contributed by atoms with Crippen LogP contribution in [-0.4, -0.2) is 24.6 Å². The summed E-state index contributed by atoms with van der Waals surface area (Å²) in [5.41, 5.74) is 8.73. The Labute approximate surface area is 115 Å². The van der Waals surface area contributed by atoms with Gasteiger partial charge in [-0.3, -0.25) is 4.98 Å². The molecule has 19 heavy (non-hydrogen) atoms. The van der Waals surface area contributed by atoms with Gasteiger partial charge in [0, 0.05) is 23.9 Å². The van der Waals surface area contributed by atoms with Crippen molar-refractivity contribution >= 4 is 5.96 Å². The first kappa shape index (κ1) is 15.3. The van der Waals surface area contributed by atoms with E-state index in [0.29, 0.717) is 18.4 Å². The lowest BCUT2D eigenvalue weighted by molar-refractivity contribution is 0.407. The zero-order valence-electron chi connectivity index (χ0n) is 12.4. The standard InChI is InChI=1S/C14H24N4O/c1-9(2)6-17-14(15)18-8-12-11(4)13(19-5)10(3)7-16-12/h7,9H,6,8H2,1-5H3,(H3,15,17,18). The summed E-state index contributed by atoms with van der Waals surface area (Å²) in [4.78, 5) is 8.68. The van der Waals surface area contributed by atoms with Crippen molar-refractivity contribution in [3.63, 3.8) is 0 Å². The van der Waals surface area contributed by atoms with Crippen LogP contribution in [0.3, 0.4) is 0 Å². The molecule has 0 atom stereocenters. The molecule has 0 spiro atoms. The van der Waals surface area contributed by atoms with Crippen LogP contribution in [-0.2, 0) is 6.54 Å². The summed E-state index contributed by atoms with van der Waals surface area (Å²) in [6.45, 7) is 9.48. The Kier molecular flexibility index (Phi) is 5.60. The van der Waals surface area contributed by atoms with Gasteiger partial charge in [-0.05, 0) is 19.8 Å². The van der Waals surface area contributed by atoms with Crippen LogP contribution in [0.2, 0.25) is 0 Å². The number of rotatable bonds is 5. The Balaban J connectivity index is 2.75. The smallest absolute Gasteiger partial charge is 0.188 e. The number of aromatic nitrogens is 1. The average molecular weight is 264 g/mol. The molecule has 0 saturated heterocycles. The lowest BCUT2D eigenvalue weighted by atomic mass is 10.1. The van der Waals surface area contributed by atoms with E-state index < -0.39 is 0 Å². The van der Waals surface area contributed by atoms with E-state index in [4.69, 9.17) is 10.5 Å². The first-order chi connectivity index (χ1) is 8.95. The molecule has 0 aliphatic heterocycles. The fourth-order valence-electron chi connectivity index (χ4n) is 1.76. The van der Waals surface area contributed by atoms with Crippen molar-refractivity contribution in [2.24, 2.45) is 16.6 Å². The maximum absolute atomic E-state index is 5.80. The van der Waals surface area contributed by atoms with Crippen LogP contribution in [0.25, 0.3) is 0 Å². The van der Waals surface area contributed by atoms with Gasteiger partial charge in [-0.25, -0.2) is 4.99 Å². The van der Waals surface area contributed by atoms with Crippen molar-refractivity contribution in [2.45, 2.75) is 34.2 Å². The summed E-state index contributed by atoms with van der Waals surface area (Å²) < 4.78 is 5.37. The normalized spacial score (nSPS) is 11.8. The van der Waals surface area contributed by atoms with Gasteiger partial charge >= 0.3 is 0 Å². The first-order valence-corrected chi connectivity index (χ1v) is 6.48. The van der Waals surface area contributed by atoms with E-state index >= 15 is 0 Å². The van der Waals surface area contributed by atoms with Gasteiger partial charge in [-0.2, -0.15) is 0 Å². The molecule has 0 aliphatic rings. The maximum atomic E-state index is 5.80. The van der Waals surface area contributed by atoms with Gasteiger partial charge in [-0.15, -0.1) is 0 Å². The molecule has 1 rings (SSSR count). The van der Waals surface area contributed by atoms with Crippen molar-refractivity contribution < 1.29 is 4.74 Å². The van der Waals surface area contributed by atoms with Gasteiger partial charge in [0.1, 0.15) is 5.75 Å². The largest absolute Gasteiger partial charge is 0.496 e. The second-order valence-corrected chi connectivity index (χ2v) is 5.02. The highest BCUT2D eigenvalue weighted by Crippen LogP contribution is 2.24. The summed E-state index contributed by atoms with van der Waals surface area (Å²) in [5, 5.41) is 3.08. The number of aryl methyl sites for hydroxylation is 1. The lowest BCUT2D eigenvalue weighted by Crippen LogP contribution is -2.34. The molecule has 5 heteroatoms. The molecule has 106 valence electrons. The number of nitrogens with zero attached hydrogens (tertiary/aromatic N) is 2. The Morgan fingerprint density at radius 2 is 2.16 bits per heavy atom. The van der Waals surface area contributed by atoms with Crippen molar-refractivity contribution in [2.75, 3.05) is 13.7 Å². The molecule has 3 N–H and O–H groups in total. The highest BCUT2D eigenvalue weighted by molar-refractivity contribution is 5.77. The molecule has 1 aromatic heterocycles. The second-order valence-electron chi connectivity index (χ2n) is 5.02. The van der Waals surface area contributed by atoms with Crippen molar-refractivity contribution in [1.29, 1.82) is 0 Å². The van der Waals surface area contributed by atoms with Crippen LogP contribution >= 0.6 is 0 Å². The van der Waals surface area contributed by atoms with Crippen LogP contribution in [0.15, 0.2) is 11.2 Å². The zero-order chi connectivity index (χ0) is 14.4. The number of hydrogen-bond acceptors (Lipinski definition) is 3. The fourth-order valence-corrected chi connectivity index (χ4v) is 1.76. The van der Waals surface area contributed by atoms with Crippen LogP contribution in [0.5, 0.6) is 5.75 Å². The monoisotopic (exact) mass is 264 g/mol. The van der Waals surface area contributed by atoms with Gasteiger partial charge in [0.15, 0.2) is 5.96 Å². The van der Waals surface area contributed by atoms with Crippen LogP contribution in [0.4, 0.5) is 0 Å². The van der Waals surface area contributed by atoms with E-state index in [1.807, 2.05) is 13.8 Å². The first-order valence-electron chi connectivity index (χ1n) is 6.48. The quantitative estimate of drug-likeness (QED) is 0.628. The number of methoxy groups -OCH3 is 1. The molecule has 1 aromatic rings. The highest BCUT2D eigenvalue weighted by atomic mass is 16.5. The summed E-state index contributed by atoms with van der Waals surface area (Å²) in [6, 6.07) is 0. The molecule has 5 nitrogen and oxygen atoms in total. The van der Waals surface area contributed by atoms with Crippen molar-refractivity contribution in [3.05, 3.63) is 23.0 Å². The molecule has 0 unspecified atom stereocenters. The van der Waals surface area contributed by atoms with E-state index in [1.165, 1.54) is 0 Å². The number of nitrogens with one attached hydrogen (secondary N) is 1. The molecule has 0 aliphatic carbocycles. The topological polar surface area (TPSA) is 72.5 Å². The Bertz CT molecular complexity index is 455. The molecule has 0 bridgehead atoms. The number of hydrogen-bond donors (Lipinski definition) is 2. The van der Waals surface area contributed by atoms with Crippen molar-refractivity contribution in [3.8, 4) is 5.75 Å². The van der Waals surface area contributed by atoms with E-state index in [1.54, 1.807) is 13.3 Å². The van der Waals surface area contributed by atoms with Gasteiger partial charge in [0.2, 0.25) is 0 Å². The number of nitrogens with two attached hydrogens (primary N) is 1. The Hall–Kier alpha value is -1.78. The Morgan fingerprint density at radius 1 is 1.47 bits per heavy atom. The van der Waals surface area contributed by atoms with Gasteiger partial charge in [-0.1, -0.05) is 13.8 Å². The van der Waals surface area contributed by atoms with E-state index in [-0.39, 0.29) is 0 Å². The number of ether oxygens (including phenoxy) is 1. The van der Waals surface area contributed by atoms with Crippen LogP contribution in [0.1, 0.15) is 30.7 Å². The van der Waals surface area contributed by atoms with Crippen molar-refractivity contribution in [1.82, 2.24) is 10.3 Å². The molecular weight excluding hydrogens is 240 g/mol. The molecule has 1 heterocycles. The third kappa shape index (κ3) is 4.43. The van der Waals surface area contributed by atoms with E-state index in [2.05, 4.69) is 29.1 Å². The molecule has 0 amide bonds. The van der Waals surface area contributed by atoms with Crippen LogP contribution < -0.4 is 15.8 Å². The summed E-state index contributed by atoms with van der Waals surface area (Å²) in [5.74, 6) is 1.86. The minimum Gasteiger partial charge on any atom is -0.496 e. The third-order valence-corrected chi connectivity index (χ3v) is 2.84. The zero-order valence-corrected chi connectivity index (χ0v) is 12.4. The molecule has 0 saturated carbocycles. The van der Waals surface area contributed by atoms with Gasteiger partial charge in [0.05, 0.1) is 19.3 Å². The molecule has 0 fully saturated rings. The summed E-state index contributed by atoms with van der Waals surface area (Å²) >= 11 is 0. The lowest BCUT2D eigenvalue weighted by Gasteiger charge is -2.11. The number of aliphatic imine (C=N–C) groups is 1. The average Bonchev–Trinajstić information content (AvgIpc) is 2.36. The minimum absolute atomic E-state index is 0.453. The van der Waals surface area contributed by atoms with E-state index in [0.717, 1.165) is 29.1 Å². The predicted octanol–water partition coefficient (Wildman–Crippen LogP) is 1.77. The summed E-state index contributed by atoms with van der Waals surface area (Å²) in [7, 11) is 1.67. The fraction of sp³-hybridized carbons (Fsp3) is 0.571. The predicted molar refractivity (Wildman–Crippen MR) is 78.4 cm³/mol.